The van der Waals surface area contributed by atoms with Gasteiger partial charge in [0.1, 0.15) is 18.3 Å². The van der Waals surface area contributed by atoms with Gasteiger partial charge in [-0.1, -0.05) is 25.5 Å². The molecule has 8 nitrogen and oxygen atoms in total. The minimum absolute atomic E-state index is 0.0213. The monoisotopic (exact) mass is 530 g/mol. The highest BCUT2D eigenvalue weighted by molar-refractivity contribution is 5.31. The molecule has 1 saturated heterocycles. The lowest BCUT2D eigenvalue weighted by Gasteiger charge is -2.62. The number of ether oxygens (including phenoxy) is 2. The molecule has 0 bridgehead atoms. The Bertz CT molecular complexity index is 1130. The Balaban J connectivity index is 1.21. The van der Waals surface area contributed by atoms with E-state index in [0.29, 0.717) is 5.92 Å². The van der Waals surface area contributed by atoms with Gasteiger partial charge in [-0.25, -0.2) is 4.79 Å². The van der Waals surface area contributed by atoms with Crippen molar-refractivity contribution in [3.05, 3.63) is 46.0 Å². The van der Waals surface area contributed by atoms with Crippen molar-refractivity contribution >= 4 is 0 Å². The fourth-order valence-corrected chi connectivity index (χ4v) is 9.17. The van der Waals surface area contributed by atoms with Crippen LogP contribution in [0.15, 0.2) is 39.3 Å². The minimum atomic E-state index is -1.31. The fourth-order valence-electron chi connectivity index (χ4n) is 9.17. The molecule has 0 amide bonds. The highest BCUT2D eigenvalue weighted by atomic mass is 16.7. The Morgan fingerprint density at radius 3 is 2.47 bits per heavy atom. The molecule has 4 N–H and O–H groups in total. The number of hydrogen-bond acceptors (Lipinski definition) is 8. The Morgan fingerprint density at radius 2 is 1.74 bits per heavy atom. The molecule has 1 aromatic rings. The normalized spacial score (nSPS) is 50.5. The Hall–Kier alpha value is -1.55. The van der Waals surface area contributed by atoms with Crippen molar-refractivity contribution in [2.75, 3.05) is 0 Å². The van der Waals surface area contributed by atoms with Gasteiger partial charge in [-0.15, -0.1) is 0 Å². The minimum Gasteiger partial charge on any atom is -0.431 e. The molecule has 4 unspecified atom stereocenters. The first kappa shape index (κ1) is 26.7. The SMILES string of the molecule is C[C@H]1O[C@@H](O[C@@H]2C=C3CCC4C(CC[C@]5(C)C(c6ccc(=O)oc6)CCC45O)[C@@]3(C)CC2)[C@H](O)[C@H](O)[C@H]1O. The molecule has 1 aliphatic heterocycles. The third kappa shape index (κ3) is 3.82. The van der Waals surface area contributed by atoms with E-state index in [2.05, 4.69) is 19.9 Å². The van der Waals surface area contributed by atoms with Crippen molar-refractivity contribution in [2.45, 2.75) is 120 Å². The molecule has 0 spiro atoms. The summed E-state index contributed by atoms with van der Waals surface area (Å²) < 4.78 is 17.0. The summed E-state index contributed by atoms with van der Waals surface area (Å²) in [4.78, 5) is 11.5. The van der Waals surface area contributed by atoms with Crippen LogP contribution < -0.4 is 5.63 Å². The highest BCUT2D eigenvalue weighted by Gasteiger charge is 2.66. The van der Waals surface area contributed by atoms with E-state index in [4.69, 9.17) is 13.9 Å². The van der Waals surface area contributed by atoms with Crippen LogP contribution in [0.4, 0.5) is 0 Å². The number of hydrogen-bond donors (Lipinski definition) is 4. The molecule has 12 atom stereocenters. The first-order valence-electron chi connectivity index (χ1n) is 14.4. The lowest BCUT2D eigenvalue weighted by Crippen LogP contribution is -2.60. The predicted molar refractivity (Wildman–Crippen MR) is 138 cm³/mol. The molecular formula is C30H42O8. The molecule has 4 fully saturated rings. The van der Waals surface area contributed by atoms with E-state index in [9.17, 15) is 25.2 Å². The molecule has 2 heterocycles. The number of fused-ring (bicyclic) bond motifs is 5. The third-order valence-corrected chi connectivity index (χ3v) is 11.5. The second kappa shape index (κ2) is 9.25. The molecule has 0 aromatic carbocycles. The van der Waals surface area contributed by atoms with Gasteiger partial charge in [0, 0.05) is 11.5 Å². The van der Waals surface area contributed by atoms with Crippen LogP contribution in [0.2, 0.25) is 0 Å². The van der Waals surface area contributed by atoms with Gasteiger partial charge in [0.05, 0.1) is 24.1 Å². The first-order chi connectivity index (χ1) is 18.0. The summed E-state index contributed by atoms with van der Waals surface area (Å²) in [7, 11) is 0. The van der Waals surface area contributed by atoms with Crippen molar-refractivity contribution in [2.24, 2.45) is 22.7 Å². The lowest BCUT2D eigenvalue weighted by molar-refractivity contribution is -0.301. The number of allylic oxidation sites excluding steroid dienone is 1. The maximum absolute atomic E-state index is 12.4. The molecule has 0 radical (unpaired) electrons. The predicted octanol–water partition coefficient (Wildman–Crippen LogP) is 3.01. The van der Waals surface area contributed by atoms with Crippen LogP contribution in [0, 0.1) is 22.7 Å². The molecule has 38 heavy (non-hydrogen) atoms. The molecular weight excluding hydrogens is 488 g/mol. The van der Waals surface area contributed by atoms with E-state index < -0.39 is 36.3 Å². The second-order valence-corrected chi connectivity index (χ2v) is 13.1. The number of aliphatic hydroxyl groups is 4. The molecule has 4 aliphatic carbocycles. The standard InChI is InChI=1S/C30H42O8/c1-16-24(32)25(33)26(34)27(37-16)38-19-8-11-28(2)18(14-19)5-6-22-21(28)9-12-29(3)20(10-13-30(22,29)35)17-4-7-23(31)36-15-17/h4,7,14-16,19-22,24-27,32-35H,5-6,8-13H2,1-3H3/t16-,19+,20?,21?,22?,24+,25-,26-,27+,28+,29-,30?/m1/s1. The van der Waals surface area contributed by atoms with Gasteiger partial charge < -0.3 is 34.3 Å². The third-order valence-electron chi connectivity index (χ3n) is 11.5. The molecule has 210 valence electrons. The smallest absolute Gasteiger partial charge is 0.335 e. The summed E-state index contributed by atoms with van der Waals surface area (Å²) in [5, 5.41) is 43.0. The van der Waals surface area contributed by atoms with E-state index >= 15 is 0 Å². The van der Waals surface area contributed by atoms with Crippen LogP contribution in [-0.4, -0.2) is 62.8 Å². The highest BCUT2D eigenvalue weighted by Crippen LogP contribution is 2.70. The van der Waals surface area contributed by atoms with E-state index in [1.165, 1.54) is 11.6 Å². The van der Waals surface area contributed by atoms with Gasteiger partial charge in [0.15, 0.2) is 6.29 Å². The van der Waals surface area contributed by atoms with Crippen LogP contribution in [0.25, 0.3) is 0 Å². The number of aliphatic hydroxyl groups excluding tert-OH is 3. The van der Waals surface area contributed by atoms with E-state index in [0.717, 1.165) is 56.9 Å². The maximum Gasteiger partial charge on any atom is 0.335 e. The molecule has 5 aliphatic rings. The Morgan fingerprint density at radius 1 is 0.947 bits per heavy atom. The molecule has 3 saturated carbocycles. The average molecular weight is 531 g/mol. The Kier molecular flexibility index (Phi) is 6.49. The van der Waals surface area contributed by atoms with Gasteiger partial charge in [0.25, 0.3) is 0 Å². The van der Waals surface area contributed by atoms with Crippen molar-refractivity contribution in [3.8, 4) is 0 Å². The topological polar surface area (TPSA) is 130 Å². The van der Waals surface area contributed by atoms with Crippen molar-refractivity contribution < 1.29 is 34.3 Å². The summed E-state index contributed by atoms with van der Waals surface area (Å²) in [5.41, 5.74) is 0.991. The van der Waals surface area contributed by atoms with Gasteiger partial charge in [-0.05, 0) is 93.1 Å². The van der Waals surface area contributed by atoms with Crippen LogP contribution >= 0.6 is 0 Å². The second-order valence-electron chi connectivity index (χ2n) is 13.1. The zero-order valence-corrected chi connectivity index (χ0v) is 22.6. The molecule has 6 rings (SSSR count). The molecule has 8 heteroatoms. The lowest BCUT2D eigenvalue weighted by atomic mass is 9.45. The zero-order chi connectivity index (χ0) is 27.0. The average Bonchev–Trinajstić information content (AvgIpc) is 3.18. The van der Waals surface area contributed by atoms with Gasteiger partial charge in [-0.3, -0.25) is 0 Å². The van der Waals surface area contributed by atoms with E-state index in [-0.39, 0.29) is 34.4 Å². The first-order valence-corrected chi connectivity index (χ1v) is 14.4. The summed E-state index contributed by atoms with van der Waals surface area (Å²) in [6.45, 7) is 6.26. The van der Waals surface area contributed by atoms with Crippen LogP contribution in [-0.2, 0) is 9.47 Å². The number of rotatable bonds is 3. The van der Waals surface area contributed by atoms with E-state index in [1.54, 1.807) is 13.2 Å². The van der Waals surface area contributed by atoms with Gasteiger partial charge >= 0.3 is 5.63 Å². The quantitative estimate of drug-likeness (QED) is 0.439. The van der Waals surface area contributed by atoms with E-state index in [1.807, 2.05) is 6.07 Å². The van der Waals surface area contributed by atoms with Crippen molar-refractivity contribution in [1.82, 2.24) is 0 Å². The Labute approximate surface area is 223 Å². The van der Waals surface area contributed by atoms with Gasteiger partial charge in [0.2, 0.25) is 0 Å². The van der Waals surface area contributed by atoms with Crippen molar-refractivity contribution in [3.63, 3.8) is 0 Å². The largest absolute Gasteiger partial charge is 0.431 e. The van der Waals surface area contributed by atoms with Crippen LogP contribution in [0.1, 0.15) is 83.6 Å². The summed E-state index contributed by atoms with van der Waals surface area (Å²) in [5.74, 6) is 0.759. The van der Waals surface area contributed by atoms with Crippen LogP contribution in [0.5, 0.6) is 0 Å². The summed E-state index contributed by atoms with van der Waals surface area (Å²) >= 11 is 0. The van der Waals surface area contributed by atoms with Crippen molar-refractivity contribution in [1.29, 1.82) is 0 Å². The summed E-state index contributed by atoms with van der Waals surface area (Å²) in [6.07, 6.45) is 5.32. The molecule has 1 aromatic heterocycles. The zero-order valence-electron chi connectivity index (χ0n) is 22.6. The fraction of sp³-hybridized carbons (Fsp3) is 0.767. The maximum atomic E-state index is 12.4. The van der Waals surface area contributed by atoms with Crippen LogP contribution in [0.3, 0.4) is 0 Å². The summed E-state index contributed by atoms with van der Waals surface area (Å²) in [6, 6.07) is 3.36. The van der Waals surface area contributed by atoms with Gasteiger partial charge in [-0.2, -0.15) is 0 Å².